The molecule has 0 radical (unpaired) electrons. The summed E-state index contributed by atoms with van der Waals surface area (Å²) >= 11 is 1.45. The first-order valence-electron chi connectivity index (χ1n) is 5.64. The third kappa shape index (κ3) is 2.80. The van der Waals surface area contributed by atoms with Crippen LogP contribution in [-0.2, 0) is 0 Å². The number of carbonyl (C=O) groups excluding carboxylic acids is 1. The summed E-state index contributed by atoms with van der Waals surface area (Å²) in [5.74, 6) is 0. The SMILES string of the molecule is CN(CCN1CCCC1)c1ncc(C=O)s1. The fraction of sp³-hybridized carbons (Fsp3) is 0.636. The van der Waals surface area contributed by atoms with E-state index in [-0.39, 0.29) is 0 Å². The van der Waals surface area contributed by atoms with Gasteiger partial charge in [0.25, 0.3) is 0 Å². The summed E-state index contributed by atoms with van der Waals surface area (Å²) in [6.07, 6.45) is 5.15. The number of hydrogen-bond acceptors (Lipinski definition) is 5. The predicted octanol–water partition coefficient (Wildman–Crippen LogP) is 1.49. The monoisotopic (exact) mass is 239 g/mol. The maximum absolute atomic E-state index is 10.6. The number of carbonyl (C=O) groups is 1. The molecule has 5 heteroatoms. The van der Waals surface area contributed by atoms with Crippen molar-refractivity contribution in [2.45, 2.75) is 12.8 Å². The van der Waals surface area contributed by atoms with Crippen LogP contribution in [0.25, 0.3) is 0 Å². The number of likely N-dealkylation sites (N-methyl/N-ethyl adjacent to an activating group) is 1. The van der Waals surface area contributed by atoms with Gasteiger partial charge < -0.3 is 9.80 Å². The van der Waals surface area contributed by atoms with Crippen molar-refractivity contribution in [3.05, 3.63) is 11.1 Å². The van der Waals surface area contributed by atoms with E-state index in [0.717, 1.165) is 24.5 Å². The molecule has 0 unspecified atom stereocenters. The number of rotatable bonds is 5. The lowest BCUT2D eigenvalue weighted by Gasteiger charge is -2.20. The van der Waals surface area contributed by atoms with Gasteiger partial charge in [0, 0.05) is 20.1 Å². The maximum atomic E-state index is 10.6. The lowest BCUT2D eigenvalue weighted by Crippen LogP contribution is -2.31. The smallest absolute Gasteiger partial charge is 0.185 e. The van der Waals surface area contributed by atoms with Crippen molar-refractivity contribution >= 4 is 22.8 Å². The molecule has 0 spiro atoms. The van der Waals surface area contributed by atoms with E-state index in [4.69, 9.17) is 0 Å². The zero-order valence-corrected chi connectivity index (χ0v) is 10.4. The van der Waals surface area contributed by atoms with Crippen LogP contribution in [0.1, 0.15) is 22.5 Å². The summed E-state index contributed by atoms with van der Waals surface area (Å²) in [7, 11) is 2.03. The molecule has 1 fully saturated rings. The van der Waals surface area contributed by atoms with E-state index in [0.29, 0.717) is 4.88 Å². The van der Waals surface area contributed by atoms with Gasteiger partial charge in [0.15, 0.2) is 11.4 Å². The summed E-state index contributed by atoms with van der Waals surface area (Å²) in [6, 6.07) is 0. The normalized spacial score (nSPS) is 16.6. The largest absolute Gasteiger partial charge is 0.350 e. The van der Waals surface area contributed by atoms with Crippen molar-refractivity contribution in [2.75, 3.05) is 38.1 Å². The quantitative estimate of drug-likeness (QED) is 0.729. The van der Waals surface area contributed by atoms with Gasteiger partial charge in [-0.1, -0.05) is 11.3 Å². The molecule has 1 saturated heterocycles. The summed E-state index contributed by atoms with van der Waals surface area (Å²) in [4.78, 5) is 20.1. The van der Waals surface area contributed by atoms with E-state index in [1.807, 2.05) is 7.05 Å². The molecule has 1 aromatic rings. The maximum Gasteiger partial charge on any atom is 0.185 e. The molecule has 0 aromatic carbocycles. The van der Waals surface area contributed by atoms with E-state index >= 15 is 0 Å². The first-order valence-corrected chi connectivity index (χ1v) is 6.46. The Bertz CT molecular complexity index is 347. The molecule has 2 heterocycles. The van der Waals surface area contributed by atoms with Gasteiger partial charge >= 0.3 is 0 Å². The number of nitrogens with zero attached hydrogens (tertiary/aromatic N) is 3. The van der Waals surface area contributed by atoms with Gasteiger partial charge in [0.2, 0.25) is 0 Å². The molecule has 0 aliphatic carbocycles. The van der Waals surface area contributed by atoms with Crippen LogP contribution < -0.4 is 4.90 Å². The third-order valence-electron chi connectivity index (χ3n) is 2.90. The second-order valence-corrected chi connectivity index (χ2v) is 5.17. The molecular weight excluding hydrogens is 222 g/mol. The molecule has 0 N–H and O–H groups in total. The average Bonchev–Trinajstić information content (AvgIpc) is 2.96. The number of likely N-dealkylation sites (tertiary alicyclic amines) is 1. The van der Waals surface area contributed by atoms with Crippen molar-refractivity contribution in [1.29, 1.82) is 0 Å². The molecule has 1 aliphatic rings. The summed E-state index contributed by atoms with van der Waals surface area (Å²) in [5, 5.41) is 0.932. The fourth-order valence-corrected chi connectivity index (χ4v) is 2.62. The zero-order chi connectivity index (χ0) is 11.4. The Morgan fingerprint density at radius 3 is 2.94 bits per heavy atom. The third-order valence-corrected chi connectivity index (χ3v) is 3.94. The van der Waals surface area contributed by atoms with Crippen LogP contribution in [0.15, 0.2) is 6.20 Å². The first-order chi connectivity index (χ1) is 7.79. The molecule has 1 aromatic heterocycles. The Morgan fingerprint density at radius 2 is 2.31 bits per heavy atom. The van der Waals surface area contributed by atoms with Crippen LogP contribution in [0.4, 0.5) is 5.13 Å². The molecular formula is C11H17N3OS. The fourth-order valence-electron chi connectivity index (χ4n) is 1.90. The Hall–Kier alpha value is -0.940. The van der Waals surface area contributed by atoms with Crippen LogP contribution in [-0.4, -0.2) is 49.4 Å². The van der Waals surface area contributed by atoms with Crippen molar-refractivity contribution in [1.82, 2.24) is 9.88 Å². The Morgan fingerprint density at radius 1 is 1.56 bits per heavy atom. The molecule has 2 rings (SSSR count). The standard InChI is InChI=1S/C11H17N3OS/c1-13(6-7-14-4-2-3-5-14)11-12-8-10(9-15)16-11/h8-9H,2-7H2,1H3. The molecule has 0 atom stereocenters. The molecule has 0 amide bonds. The van der Waals surface area contributed by atoms with Crippen molar-refractivity contribution in [3.63, 3.8) is 0 Å². The van der Waals surface area contributed by atoms with Crippen molar-refractivity contribution in [2.24, 2.45) is 0 Å². The van der Waals surface area contributed by atoms with E-state index < -0.39 is 0 Å². The second-order valence-electron chi connectivity index (χ2n) is 4.13. The number of anilines is 1. The van der Waals surface area contributed by atoms with E-state index in [1.54, 1.807) is 6.20 Å². The van der Waals surface area contributed by atoms with Crippen molar-refractivity contribution in [3.8, 4) is 0 Å². The molecule has 88 valence electrons. The second kappa shape index (κ2) is 5.41. The highest BCUT2D eigenvalue weighted by atomic mass is 32.1. The summed E-state index contributed by atoms with van der Waals surface area (Å²) in [6.45, 7) is 4.52. The van der Waals surface area contributed by atoms with Crippen LogP contribution in [0.2, 0.25) is 0 Å². The highest BCUT2D eigenvalue weighted by Gasteiger charge is 2.13. The van der Waals surface area contributed by atoms with E-state index in [2.05, 4.69) is 14.8 Å². The lowest BCUT2D eigenvalue weighted by molar-refractivity contribution is 0.112. The Labute approximate surface area is 99.9 Å². The minimum atomic E-state index is 0.697. The molecule has 4 nitrogen and oxygen atoms in total. The van der Waals surface area contributed by atoms with Gasteiger partial charge in [-0.15, -0.1) is 0 Å². The molecule has 1 aliphatic heterocycles. The average molecular weight is 239 g/mol. The zero-order valence-electron chi connectivity index (χ0n) is 9.56. The Kier molecular flexibility index (Phi) is 3.90. The van der Waals surface area contributed by atoms with Crippen LogP contribution >= 0.6 is 11.3 Å². The van der Waals surface area contributed by atoms with Crippen LogP contribution in [0, 0.1) is 0 Å². The van der Waals surface area contributed by atoms with Crippen LogP contribution in [0.3, 0.4) is 0 Å². The van der Waals surface area contributed by atoms with Crippen LogP contribution in [0.5, 0.6) is 0 Å². The topological polar surface area (TPSA) is 36.4 Å². The highest BCUT2D eigenvalue weighted by Crippen LogP contribution is 2.19. The summed E-state index contributed by atoms with van der Waals surface area (Å²) < 4.78 is 0. The first kappa shape index (κ1) is 11.5. The predicted molar refractivity (Wildman–Crippen MR) is 66.4 cm³/mol. The number of aldehydes is 1. The minimum Gasteiger partial charge on any atom is -0.350 e. The van der Waals surface area contributed by atoms with Gasteiger partial charge in [-0.3, -0.25) is 4.79 Å². The number of hydrogen-bond donors (Lipinski definition) is 0. The molecule has 0 saturated carbocycles. The number of aromatic nitrogens is 1. The molecule has 16 heavy (non-hydrogen) atoms. The Balaban J connectivity index is 1.82. The van der Waals surface area contributed by atoms with E-state index in [1.165, 1.54) is 37.3 Å². The van der Waals surface area contributed by atoms with Gasteiger partial charge in [-0.05, 0) is 25.9 Å². The van der Waals surface area contributed by atoms with Crippen molar-refractivity contribution < 1.29 is 4.79 Å². The van der Waals surface area contributed by atoms with Gasteiger partial charge in [0.1, 0.15) is 0 Å². The highest BCUT2D eigenvalue weighted by molar-refractivity contribution is 7.17. The summed E-state index contributed by atoms with van der Waals surface area (Å²) in [5.41, 5.74) is 0. The van der Waals surface area contributed by atoms with Gasteiger partial charge in [-0.25, -0.2) is 4.98 Å². The minimum absolute atomic E-state index is 0.697. The van der Waals surface area contributed by atoms with Gasteiger partial charge in [-0.2, -0.15) is 0 Å². The lowest BCUT2D eigenvalue weighted by atomic mass is 10.4. The van der Waals surface area contributed by atoms with Gasteiger partial charge in [0.05, 0.1) is 11.1 Å². The number of thiazole rings is 1. The van der Waals surface area contributed by atoms with E-state index in [9.17, 15) is 4.79 Å². The molecule has 0 bridgehead atoms.